The van der Waals surface area contributed by atoms with E-state index in [4.69, 9.17) is 10.5 Å². The van der Waals surface area contributed by atoms with Crippen LogP contribution >= 0.6 is 0 Å². The highest BCUT2D eigenvalue weighted by Gasteiger charge is 2.45. The Labute approximate surface area is 316 Å². The Morgan fingerprint density at radius 3 is 1.83 bits per heavy atom. The number of amides is 4. The van der Waals surface area contributed by atoms with Gasteiger partial charge in [-0.25, -0.2) is 13.2 Å². The van der Waals surface area contributed by atoms with Crippen LogP contribution in [0, 0.1) is 17.3 Å². The van der Waals surface area contributed by atoms with Gasteiger partial charge in [-0.1, -0.05) is 109 Å². The zero-order valence-electron chi connectivity index (χ0n) is 33.7. The van der Waals surface area contributed by atoms with Gasteiger partial charge < -0.3 is 20.7 Å². The Morgan fingerprint density at radius 2 is 1.36 bits per heavy atom. The van der Waals surface area contributed by atoms with Crippen LogP contribution in [-0.4, -0.2) is 73.8 Å². The van der Waals surface area contributed by atoms with E-state index in [0.717, 1.165) is 11.1 Å². The number of sulfonamides is 1. The zero-order chi connectivity index (χ0) is 40.7. The minimum absolute atomic E-state index is 0.267. The van der Waals surface area contributed by atoms with Crippen molar-refractivity contribution in [3.8, 4) is 0 Å². The number of rotatable bonds is 14. The molecule has 2 rings (SSSR count). The third-order valence-corrected chi connectivity index (χ3v) is 10.2. The summed E-state index contributed by atoms with van der Waals surface area (Å²) in [6.07, 6.45) is 0.865. The van der Waals surface area contributed by atoms with E-state index in [1.165, 1.54) is 16.8 Å². The lowest BCUT2D eigenvalue weighted by Gasteiger charge is -2.42. The van der Waals surface area contributed by atoms with Crippen LogP contribution in [0.5, 0.6) is 0 Å². The van der Waals surface area contributed by atoms with Gasteiger partial charge in [-0.05, 0) is 55.7 Å². The molecule has 0 aromatic heterocycles. The highest BCUT2D eigenvalue weighted by Crippen LogP contribution is 2.32. The first-order valence-corrected chi connectivity index (χ1v) is 19.5. The molecule has 4 N–H and O–H groups in total. The van der Waals surface area contributed by atoms with Gasteiger partial charge in [0.05, 0.1) is 11.7 Å². The number of hydrogen-bond acceptors (Lipinski definition) is 8. The predicted molar refractivity (Wildman–Crippen MR) is 209 cm³/mol. The Hall–Kier alpha value is -4.23. The normalized spacial score (nSPS) is 14.5. The first-order valence-electron chi connectivity index (χ1n) is 17.8. The molecule has 0 radical (unpaired) electrons. The molecule has 2 aromatic carbocycles. The van der Waals surface area contributed by atoms with Gasteiger partial charge in [0.15, 0.2) is 0 Å². The summed E-state index contributed by atoms with van der Waals surface area (Å²) in [5.74, 6) is -3.36. The summed E-state index contributed by atoms with van der Waals surface area (Å²) in [5.41, 5.74) is 5.71. The molecule has 3 atom stereocenters. The molecule has 2 aromatic rings. The number of allylic oxidation sites excluding steroid dienone is 1. The van der Waals surface area contributed by atoms with E-state index >= 15 is 0 Å². The number of likely N-dealkylation sites (N-methyl/N-ethyl adjacent to an activating group) is 2. The third-order valence-electron chi connectivity index (χ3n) is 8.93. The molecular weight excluding hydrogens is 695 g/mol. The lowest BCUT2D eigenvalue weighted by molar-refractivity contribution is -0.139. The van der Waals surface area contributed by atoms with Crippen LogP contribution in [0.4, 0.5) is 4.79 Å². The van der Waals surface area contributed by atoms with E-state index in [2.05, 4.69) is 10.0 Å². The summed E-state index contributed by atoms with van der Waals surface area (Å²) in [6, 6.07) is 13.9. The molecule has 53 heavy (non-hydrogen) atoms. The maximum atomic E-state index is 14.5. The molecule has 0 heterocycles. The molecule has 0 bridgehead atoms. The maximum Gasteiger partial charge on any atom is 0.410 e. The Morgan fingerprint density at radius 1 is 0.830 bits per heavy atom. The van der Waals surface area contributed by atoms with E-state index in [9.17, 15) is 27.6 Å². The standard InChI is InChI=1S/C40H61N5O7S/c1-26(2)31(23-27(3)34(46)43-53(50,51)25-29-21-19-28(24-41)20-22-29)44(12)36(48)32(38(4,5)6)42-35(47)33(45(13)37(49)52-39(7,8)9)40(10,11)30-17-15-14-16-18-30/h14-23,26-27,32-33H,24-25,41H2,1-13H3,(H,42,47)(H,43,46)/b31-23+. The van der Waals surface area contributed by atoms with Gasteiger partial charge in [-0.2, -0.15) is 0 Å². The van der Waals surface area contributed by atoms with Crippen LogP contribution in [0.3, 0.4) is 0 Å². The fourth-order valence-electron chi connectivity index (χ4n) is 5.94. The number of carbonyl (C=O) groups is 4. The zero-order valence-corrected chi connectivity index (χ0v) is 34.6. The first-order chi connectivity index (χ1) is 24.2. The molecule has 0 fully saturated rings. The SMILES string of the molecule is CC(/C=C(\C(C)C)N(C)C(=O)C(NC(=O)C(N(C)C(=O)OC(C)(C)C)C(C)(C)c1ccccc1)C(C)(C)C)C(=O)NS(=O)(=O)Cc1ccc(CN)cc1. The smallest absolute Gasteiger partial charge is 0.410 e. The van der Waals surface area contributed by atoms with Crippen LogP contribution in [0.2, 0.25) is 0 Å². The first kappa shape index (κ1) is 44.9. The van der Waals surface area contributed by atoms with Crippen molar-refractivity contribution in [1.29, 1.82) is 0 Å². The van der Waals surface area contributed by atoms with Crippen molar-refractivity contribution < 1.29 is 32.3 Å². The summed E-state index contributed by atoms with van der Waals surface area (Å²) in [5, 5.41) is 2.97. The lowest BCUT2D eigenvalue weighted by Crippen LogP contribution is -2.62. The summed E-state index contributed by atoms with van der Waals surface area (Å²) in [7, 11) is -0.960. The van der Waals surface area contributed by atoms with E-state index < -0.39 is 74.0 Å². The van der Waals surface area contributed by atoms with E-state index in [1.54, 1.807) is 65.1 Å². The van der Waals surface area contributed by atoms with Crippen molar-refractivity contribution in [3.63, 3.8) is 0 Å². The fourth-order valence-corrected chi connectivity index (χ4v) is 7.14. The molecule has 12 nitrogen and oxygen atoms in total. The van der Waals surface area contributed by atoms with E-state index in [0.29, 0.717) is 17.8 Å². The van der Waals surface area contributed by atoms with E-state index in [-0.39, 0.29) is 5.92 Å². The lowest BCUT2D eigenvalue weighted by atomic mass is 9.76. The van der Waals surface area contributed by atoms with Gasteiger partial charge in [0.1, 0.15) is 17.7 Å². The van der Waals surface area contributed by atoms with Crippen LogP contribution in [0.25, 0.3) is 0 Å². The summed E-state index contributed by atoms with van der Waals surface area (Å²) < 4.78 is 33.6. The average Bonchev–Trinajstić information content (AvgIpc) is 3.04. The van der Waals surface area contributed by atoms with Gasteiger partial charge in [-0.3, -0.25) is 24.0 Å². The third kappa shape index (κ3) is 12.7. The molecule has 4 amide bonds. The quantitative estimate of drug-likeness (QED) is 0.228. The minimum Gasteiger partial charge on any atom is -0.444 e. The van der Waals surface area contributed by atoms with Gasteiger partial charge in [-0.15, -0.1) is 0 Å². The number of nitrogens with two attached hydrogens (primary N) is 1. The summed E-state index contributed by atoms with van der Waals surface area (Å²) >= 11 is 0. The fraction of sp³-hybridized carbons (Fsp3) is 0.550. The number of hydrogen-bond donors (Lipinski definition) is 3. The summed E-state index contributed by atoms with van der Waals surface area (Å²) in [4.78, 5) is 58.1. The highest BCUT2D eigenvalue weighted by atomic mass is 32.2. The highest BCUT2D eigenvalue weighted by molar-refractivity contribution is 7.89. The van der Waals surface area contributed by atoms with E-state index in [1.807, 2.05) is 78.8 Å². The molecular formula is C40H61N5O7S. The topological polar surface area (TPSA) is 168 Å². The monoisotopic (exact) mass is 755 g/mol. The largest absolute Gasteiger partial charge is 0.444 e. The van der Waals surface area contributed by atoms with Crippen molar-refractivity contribution in [2.45, 2.75) is 112 Å². The van der Waals surface area contributed by atoms with Gasteiger partial charge >= 0.3 is 6.09 Å². The van der Waals surface area contributed by atoms with Crippen molar-refractivity contribution in [2.75, 3.05) is 14.1 Å². The van der Waals surface area contributed by atoms with Crippen molar-refractivity contribution in [2.24, 2.45) is 23.0 Å². The molecule has 0 saturated carbocycles. The van der Waals surface area contributed by atoms with Gasteiger partial charge in [0, 0.05) is 31.8 Å². The van der Waals surface area contributed by atoms with Crippen molar-refractivity contribution in [3.05, 3.63) is 83.1 Å². The minimum atomic E-state index is -4.03. The molecule has 0 spiro atoms. The van der Waals surface area contributed by atoms with Crippen LogP contribution in [0.15, 0.2) is 66.4 Å². The van der Waals surface area contributed by atoms with Gasteiger partial charge in [0.2, 0.25) is 27.7 Å². The average molecular weight is 756 g/mol. The molecule has 294 valence electrons. The Kier molecular flexibility index (Phi) is 15.0. The number of ether oxygens (including phenoxy) is 1. The molecule has 13 heteroatoms. The number of nitrogens with one attached hydrogen (secondary N) is 2. The van der Waals surface area contributed by atoms with Crippen LogP contribution in [-0.2, 0) is 46.9 Å². The maximum absolute atomic E-state index is 14.5. The number of carbonyl (C=O) groups excluding carboxylic acids is 4. The molecule has 3 unspecified atom stereocenters. The van der Waals surface area contributed by atoms with Crippen molar-refractivity contribution in [1.82, 2.24) is 19.8 Å². The Balaban J connectivity index is 2.43. The molecule has 0 saturated heterocycles. The Bertz CT molecular complexity index is 1720. The number of benzene rings is 2. The predicted octanol–water partition coefficient (Wildman–Crippen LogP) is 5.47. The summed E-state index contributed by atoms with van der Waals surface area (Å²) in [6.45, 7) is 20.0. The second-order valence-electron chi connectivity index (χ2n) is 16.6. The molecule has 0 aliphatic rings. The van der Waals surface area contributed by atoms with Crippen LogP contribution < -0.4 is 15.8 Å². The number of nitrogens with zero attached hydrogens (tertiary/aromatic N) is 2. The molecule has 0 aliphatic carbocycles. The van der Waals surface area contributed by atoms with Crippen molar-refractivity contribution >= 4 is 33.8 Å². The van der Waals surface area contributed by atoms with Gasteiger partial charge in [0.25, 0.3) is 0 Å². The molecule has 0 aliphatic heterocycles. The second kappa shape index (κ2) is 17.7. The second-order valence-corrected chi connectivity index (χ2v) is 18.3. The van der Waals surface area contributed by atoms with Crippen LogP contribution in [0.1, 0.15) is 92.9 Å².